The predicted octanol–water partition coefficient (Wildman–Crippen LogP) is -0.532. The van der Waals surface area contributed by atoms with Crippen molar-refractivity contribution in [2.24, 2.45) is 0 Å². The van der Waals surface area contributed by atoms with Crippen LogP contribution in [0.1, 0.15) is 5.01 Å². The van der Waals surface area contributed by atoms with Crippen molar-refractivity contribution in [3.8, 4) is 0 Å². The summed E-state index contributed by atoms with van der Waals surface area (Å²) in [7, 11) is -3.20. The Morgan fingerprint density at radius 3 is 2.89 bits per heavy atom. The van der Waals surface area contributed by atoms with Crippen LogP contribution in [0, 0.1) is 0 Å². The average Bonchev–Trinajstić information content (AvgIpc) is 2.89. The van der Waals surface area contributed by atoms with Crippen molar-refractivity contribution in [3.05, 3.63) is 16.6 Å². The molecule has 2 heterocycles. The smallest absolute Gasteiger partial charge is 0.213 e. The molecule has 18 heavy (non-hydrogen) atoms. The van der Waals surface area contributed by atoms with Crippen molar-refractivity contribution in [1.29, 1.82) is 0 Å². The van der Waals surface area contributed by atoms with E-state index in [-0.39, 0.29) is 5.75 Å². The minimum Gasteiger partial charge on any atom is -0.314 e. The lowest BCUT2D eigenvalue weighted by Crippen LogP contribution is -2.45. The second-order valence-corrected chi connectivity index (χ2v) is 7.06. The molecule has 1 aliphatic heterocycles. The van der Waals surface area contributed by atoms with Crippen LogP contribution >= 0.6 is 11.3 Å². The van der Waals surface area contributed by atoms with Crippen LogP contribution in [0.15, 0.2) is 11.6 Å². The third kappa shape index (κ3) is 4.62. The number of aromatic nitrogens is 1. The summed E-state index contributed by atoms with van der Waals surface area (Å²) in [6, 6.07) is 0. The number of hydrogen-bond acceptors (Lipinski definition) is 6. The lowest BCUT2D eigenvalue weighted by Gasteiger charge is -2.26. The van der Waals surface area contributed by atoms with Gasteiger partial charge < -0.3 is 5.32 Å². The van der Waals surface area contributed by atoms with Crippen LogP contribution < -0.4 is 10.0 Å². The molecule has 1 aromatic heterocycles. The molecular weight excluding hydrogens is 272 g/mol. The van der Waals surface area contributed by atoms with Crippen LogP contribution in [-0.2, 0) is 16.6 Å². The van der Waals surface area contributed by atoms with Gasteiger partial charge >= 0.3 is 0 Å². The normalized spacial score (nSPS) is 18.0. The molecule has 6 nitrogen and oxygen atoms in total. The van der Waals surface area contributed by atoms with Crippen LogP contribution in [0.3, 0.4) is 0 Å². The van der Waals surface area contributed by atoms with Crippen molar-refractivity contribution in [3.63, 3.8) is 0 Å². The topological polar surface area (TPSA) is 74.3 Å². The Balaban J connectivity index is 1.73. The van der Waals surface area contributed by atoms with Crippen molar-refractivity contribution >= 4 is 21.4 Å². The Morgan fingerprint density at radius 2 is 2.22 bits per heavy atom. The molecule has 0 saturated carbocycles. The first kappa shape index (κ1) is 13.9. The van der Waals surface area contributed by atoms with E-state index in [4.69, 9.17) is 0 Å². The van der Waals surface area contributed by atoms with E-state index < -0.39 is 10.0 Å². The standard InChI is InChI=1S/C10H18N4O2S2/c15-18(16,13-9-10-12-3-7-17-10)8-6-14-4-1-11-2-5-14/h3,7,11,13H,1-2,4-6,8-9H2. The van der Waals surface area contributed by atoms with Gasteiger partial charge in [-0.15, -0.1) is 11.3 Å². The van der Waals surface area contributed by atoms with Crippen LogP contribution in [0.5, 0.6) is 0 Å². The molecule has 102 valence electrons. The molecular formula is C10H18N4O2S2. The molecule has 2 rings (SSSR count). The van der Waals surface area contributed by atoms with E-state index in [0.717, 1.165) is 31.2 Å². The number of sulfonamides is 1. The Bertz CT molecular complexity index is 440. The minimum absolute atomic E-state index is 0.151. The van der Waals surface area contributed by atoms with Gasteiger partial charge in [0, 0.05) is 44.3 Å². The lowest BCUT2D eigenvalue weighted by atomic mass is 10.4. The highest BCUT2D eigenvalue weighted by Gasteiger charge is 2.15. The Morgan fingerprint density at radius 1 is 1.44 bits per heavy atom. The molecule has 0 aliphatic carbocycles. The summed E-state index contributed by atoms with van der Waals surface area (Å²) in [5.41, 5.74) is 0. The Labute approximate surface area is 111 Å². The fourth-order valence-corrected chi connectivity index (χ4v) is 3.42. The Kier molecular flexibility index (Phi) is 5.07. The molecule has 1 saturated heterocycles. The number of hydrogen-bond donors (Lipinski definition) is 2. The summed E-state index contributed by atoms with van der Waals surface area (Å²) in [4.78, 5) is 6.21. The van der Waals surface area contributed by atoms with E-state index in [1.165, 1.54) is 11.3 Å². The molecule has 0 aromatic carbocycles. The molecule has 0 spiro atoms. The monoisotopic (exact) mass is 290 g/mol. The van der Waals surface area contributed by atoms with E-state index in [1.807, 2.05) is 5.38 Å². The van der Waals surface area contributed by atoms with Crippen molar-refractivity contribution in [1.82, 2.24) is 19.9 Å². The van der Waals surface area contributed by atoms with Crippen LogP contribution in [0.4, 0.5) is 0 Å². The van der Waals surface area contributed by atoms with E-state index >= 15 is 0 Å². The molecule has 0 radical (unpaired) electrons. The summed E-state index contributed by atoms with van der Waals surface area (Å²) in [6.45, 7) is 4.60. The SMILES string of the molecule is O=S(=O)(CCN1CCNCC1)NCc1nccs1. The third-order valence-electron chi connectivity index (χ3n) is 2.81. The van der Waals surface area contributed by atoms with Gasteiger partial charge in [-0.2, -0.15) is 0 Å². The van der Waals surface area contributed by atoms with Gasteiger partial charge in [0.25, 0.3) is 0 Å². The first-order valence-corrected chi connectivity index (χ1v) is 8.48. The van der Waals surface area contributed by atoms with Gasteiger partial charge in [-0.1, -0.05) is 0 Å². The molecule has 0 amide bonds. The first-order chi connectivity index (χ1) is 8.66. The number of nitrogens with zero attached hydrogens (tertiary/aromatic N) is 2. The third-order valence-corrected chi connectivity index (χ3v) is 4.90. The maximum absolute atomic E-state index is 11.8. The molecule has 8 heteroatoms. The first-order valence-electron chi connectivity index (χ1n) is 5.94. The number of nitrogens with one attached hydrogen (secondary N) is 2. The zero-order valence-corrected chi connectivity index (χ0v) is 11.8. The van der Waals surface area contributed by atoms with Gasteiger partial charge in [0.1, 0.15) is 5.01 Å². The molecule has 0 unspecified atom stereocenters. The highest BCUT2D eigenvalue weighted by atomic mass is 32.2. The van der Waals surface area contributed by atoms with E-state index in [9.17, 15) is 8.42 Å². The summed E-state index contributed by atoms with van der Waals surface area (Å²) < 4.78 is 26.2. The van der Waals surface area contributed by atoms with Gasteiger partial charge in [0.2, 0.25) is 10.0 Å². The number of rotatable bonds is 6. The summed E-state index contributed by atoms with van der Waals surface area (Å²) in [5.74, 6) is 0.151. The zero-order valence-electron chi connectivity index (χ0n) is 10.1. The molecule has 0 atom stereocenters. The van der Waals surface area contributed by atoms with Gasteiger partial charge in [0.05, 0.1) is 12.3 Å². The van der Waals surface area contributed by atoms with Crippen LogP contribution in [-0.4, -0.2) is 56.8 Å². The second-order valence-electron chi connectivity index (χ2n) is 4.16. The molecule has 1 aromatic rings. The zero-order chi connectivity index (χ0) is 12.8. The van der Waals surface area contributed by atoms with Crippen molar-refractivity contribution < 1.29 is 8.42 Å². The van der Waals surface area contributed by atoms with E-state index in [1.54, 1.807) is 6.20 Å². The highest BCUT2D eigenvalue weighted by Crippen LogP contribution is 2.03. The van der Waals surface area contributed by atoms with Gasteiger partial charge in [0.15, 0.2) is 0 Å². The molecule has 1 fully saturated rings. The van der Waals surface area contributed by atoms with Gasteiger partial charge in [-0.05, 0) is 0 Å². The van der Waals surface area contributed by atoms with Crippen molar-refractivity contribution in [2.45, 2.75) is 6.54 Å². The van der Waals surface area contributed by atoms with Gasteiger partial charge in [-0.3, -0.25) is 4.90 Å². The largest absolute Gasteiger partial charge is 0.314 e. The minimum atomic E-state index is -3.20. The van der Waals surface area contributed by atoms with Crippen LogP contribution in [0.25, 0.3) is 0 Å². The fraction of sp³-hybridized carbons (Fsp3) is 0.700. The van der Waals surface area contributed by atoms with E-state index in [2.05, 4.69) is 19.9 Å². The summed E-state index contributed by atoms with van der Waals surface area (Å²) in [6.07, 6.45) is 1.68. The highest BCUT2D eigenvalue weighted by molar-refractivity contribution is 7.89. The summed E-state index contributed by atoms with van der Waals surface area (Å²) in [5, 5.41) is 5.87. The lowest BCUT2D eigenvalue weighted by molar-refractivity contribution is 0.253. The van der Waals surface area contributed by atoms with Gasteiger partial charge in [-0.25, -0.2) is 18.1 Å². The number of thiazole rings is 1. The quantitative estimate of drug-likeness (QED) is 0.736. The molecule has 0 bridgehead atoms. The van der Waals surface area contributed by atoms with E-state index in [0.29, 0.717) is 13.1 Å². The molecule has 2 N–H and O–H groups in total. The predicted molar refractivity (Wildman–Crippen MR) is 72.1 cm³/mol. The average molecular weight is 290 g/mol. The maximum Gasteiger partial charge on any atom is 0.213 e. The van der Waals surface area contributed by atoms with Crippen molar-refractivity contribution in [2.75, 3.05) is 38.5 Å². The number of piperazine rings is 1. The Hall–Kier alpha value is -0.540. The van der Waals surface area contributed by atoms with Crippen LogP contribution in [0.2, 0.25) is 0 Å². The fourth-order valence-electron chi connectivity index (χ4n) is 1.77. The summed E-state index contributed by atoms with van der Waals surface area (Å²) >= 11 is 1.45. The maximum atomic E-state index is 11.8. The second kappa shape index (κ2) is 6.58. The molecule has 1 aliphatic rings.